The van der Waals surface area contributed by atoms with Crippen molar-refractivity contribution >= 4 is 50.7 Å². The minimum Gasteiger partial charge on any atom is -0.492 e. The van der Waals surface area contributed by atoms with Gasteiger partial charge in [-0.3, -0.25) is 13.9 Å². The molecule has 0 aromatic heterocycles. The molecule has 0 aliphatic carbocycles. The molecule has 11 heteroatoms. The molecule has 2 aromatic rings. The van der Waals surface area contributed by atoms with Gasteiger partial charge in [0, 0.05) is 41.7 Å². The number of para-hydroxylation sites is 2. The number of ether oxygens (including phenoxy) is 1. The Hall–Kier alpha value is -2.49. The topological polar surface area (TPSA) is 96.0 Å². The maximum Gasteiger partial charge on any atom is 0.242 e. The first-order valence-corrected chi connectivity index (χ1v) is 15.3. The summed E-state index contributed by atoms with van der Waals surface area (Å²) in [5.74, 6) is -0.110. The van der Waals surface area contributed by atoms with Crippen molar-refractivity contribution in [1.82, 2.24) is 10.2 Å². The van der Waals surface area contributed by atoms with Gasteiger partial charge in [-0.15, -0.1) is 0 Å². The Kier molecular flexibility index (Phi) is 12.7. The lowest BCUT2D eigenvalue weighted by Crippen LogP contribution is -2.49. The van der Waals surface area contributed by atoms with E-state index in [2.05, 4.69) is 5.32 Å². The van der Waals surface area contributed by atoms with Crippen molar-refractivity contribution in [2.45, 2.75) is 59.0 Å². The first-order chi connectivity index (χ1) is 18.0. The number of nitrogens with zero attached hydrogens (tertiary/aromatic N) is 2. The van der Waals surface area contributed by atoms with E-state index < -0.39 is 16.1 Å². The van der Waals surface area contributed by atoms with Crippen LogP contribution < -0.4 is 14.4 Å². The van der Waals surface area contributed by atoms with Gasteiger partial charge in [0.1, 0.15) is 11.8 Å². The van der Waals surface area contributed by atoms with Crippen LogP contribution in [0.15, 0.2) is 42.5 Å². The Morgan fingerprint density at radius 3 is 2.26 bits per heavy atom. The maximum absolute atomic E-state index is 13.6. The molecule has 8 nitrogen and oxygen atoms in total. The number of sulfonamides is 1. The summed E-state index contributed by atoms with van der Waals surface area (Å²) in [6.07, 6.45) is 2.51. The Balaban J connectivity index is 2.29. The summed E-state index contributed by atoms with van der Waals surface area (Å²) in [7, 11) is -3.65. The van der Waals surface area contributed by atoms with E-state index in [-0.39, 0.29) is 37.7 Å². The maximum atomic E-state index is 13.6. The Bertz CT molecular complexity index is 1170. The molecule has 2 aromatic carbocycles. The fourth-order valence-corrected chi connectivity index (χ4v) is 5.55. The lowest BCUT2D eigenvalue weighted by molar-refractivity contribution is -0.141. The van der Waals surface area contributed by atoms with Gasteiger partial charge in [-0.1, -0.05) is 55.2 Å². The van der Waals surface area contributed by atoms with Crippen molar-refractivity contribution in [2.75, 3.05) is 30.3 Å². The van der Waals surface area contributed by atoms with Crippen molar-refractivity contribution in [1.29, 1.82) is 0 Å². The fourth-order valence-electron chi connectivity index (χ4n) is 4.06. The average molecular weight is 587 g/mol. The third-order valence-corrected chi connectivity index (χ3v) is 7.80. The SMILES string of the molecule is CCCNC(=O)C(CC)N(Cc1c(Cl)cccc1Cl)C(=O)CCCN(c1ccccc1OCC)S(C)(=O)=O. The van der Waals surface area contributed by atoms with Crippen LogP contribution in [0.5, 0.6) is 5.75 Å². The molecule has 2 amide bonds. The molecule has 210 valence electrons. The first kappa shape index (κ1) is 31.7. The summed E-state index contributed by atoms with van der Waals surface area (Å²) in [6, 6.07) is 11.2. The molecule has 0 spiro atoms. The van der Waals surface area contributed by atoms with Crippen LogP contribution in [0, 0.1) is 0 Å². The van der Waals surface area contributed by atoms with E-state index in [9.17, 15) is 18.0 Å². The molecule has 0 fully saturated rings. The lowest BCUT2D eigenvalue weighted by Gasteiger charge is -2.31. The molecule has 1 unspecified atom stereocenters. The number of benzene rings is 2. The van der Waals surface area contributed by atoms with Crippen LogP contribution in [-0.2, 0) is 26.2 Å². The molecular weight excluding hydrogens is 549 g/mol. The highest BCUT2D eigenvalue weighted by Crippen LogP contribution is 2.31. The van der Waals surface area contributed by atoms with Crippen LogP contribution in [0.25, 0.3) is 0 Å². The number of carbonyl (C=O) groups is 2. The van der Waals surface area contributed by atoms with Crippen LogP contribution in [0.1, 0.15) is 52.0 Å². The third-order valence-electron chi connectivity index (χ3n) is 5.91. The summed E-state index contributed by atoms with van der Waals surface area (Å²) in [6.45, 7) is 6.59. The number of hydrogen-bond acceptors (Lipinski definition) is 5. The van der Waals surface area contributed by atoms with Crippen molar-refractivity contribution in [3.05, 3.63) is 58.1 Å². The van der Waals surface area contributed by atoms with Gasteiger partial charge in [-0.05, 0) is 50.5 Å². The van der Waals surface area contributed by atoms with Gasteiger partial charge in [0.2, 0.25) is 21.8 Å². The van der Waals surface area contributed by atoms with Crippen molar-refractivity contribution < 1.29 is 22.7 Å². The number of hydrogen-bond donors (Lipinski definition) is 1. The van der Waals surface area contributed by atoms with Gasteiger partial charge < -0.3 is 15.0 Å². The number of halogens is 2. The zero-order valence-corrected chi connectivity index (χ0v) is 24.7. The monoisotopic (exact) mass is 585 g/mol. The van der Waals surface area contributed by atoms with E-state index in [1.54, 1.807) is 42.5 Å². The second-order valence-electron chi connectivity index (χ2n) is 8.78. The van der Waals surface area contributed by atoms with Gasteiger partial charge in [0.15, 0.2) is 0 Å². The van der Waals surface area contributed by atoms with E-state index in [0.29, 0.717) is 46.6 Å². The summed E-state index contributed by atoms with van der Waals surface area (Å²) >= 11 is 12.8. The second kappa shape index (κ2) is 15.2. The lowest BCUT2D eigenvalue weighted by atomic mass is 10.1. The summed E-state index contributed by atoms with van der Waals surface area (Å²) in [5.41, 5.74) is 0.962. The molecule has 0 saturated carbocycles. The number of carbonyl (C=O) groups excluding carboxylic acids is 2. The first-order valence-electron chi connectivity index (χ1n) is 12.7. The van der Waals surface area contributed by atoms with Gasteiger partial charge in [-0.25, -0.2) is 8.42 Å². The molecule has 0 bridgehead atoms. The fraction of sp³-hybridized carbons (Fsp3) is 0.481. The Labute approximate surface area is 236 Å². The number of amides is 2. The highest BCUT2D eigenvalue weighted by molar-refractivity contribution is 7.92. The molecule has 2 rings (SSSR count). The molecule has 0 radical (unpaired) electrons. The number of nitrogens with one attached hydrogen (secondary N) is 1. The van der Waals surface area contributed by atoms with Crippen LogP contribution in [0.2, 0.25) is 10.0 Å². The highest BCUT2D eigenvalue weighted by atomic mass is 35.5. The third kappa shape index (κ3) is 8.78. The van der Waals surface area contributed by atoms with E-state index in [1.165, 1.54) is 9.21 Å². The van der Waals surface area contributed by atoms with Crippen molar-refractivity contribution in [2.24, 2.45) is 0 Å². The molecule has 0 aliphatic heterocycles. The van der Waals surface area contributed by atoms with Crippen LogP contribution >= 0.6 is 23.2 Å². The van der Waals surface area contributed by atoms with E-state index >= 15 is 0 Å². The number of anilines is 1. The normalized spacial score (nSPS) is 12.1. The Morgan fingerprint density at radius 2 is 1.68 bits per heavy atom. The molecule has 1 N–H and O–H groups in total. The quantitative estimate of drug-likeness (QED) is 0.307. The van der Waals surface area contributed by atoms with E-state index in [4.69, 9.17) is 27.9 Å². The molecule has 0 heterocycles. The van der Waals surface area contributed by atoms with Gasteiger partial charge in [-0.2, -0.15) is 0 Å². The smallest absolute Gasteiger partial charge is 0.242 e. The average Bonchev–Trinajstić information content (AvgIpc) is 2.86. The van der Waals surface area contributed by atoms with Gasteiger partial charge >= 0.3 is 0 Å². The van der Waals surface area contributed by atoms with Crippen LogP contribution in [-0.4, -0.2) is 57.1 Å². The molecule has 0 saturated heterocycles. The van der Waals surface area contributed by atoms with E-state index in [1.807, 2.05) is 20.8 Å². The predicted molar refractivity (Wildman–Crippen MR) is 153 cm³/mol. The minimum absolute atomic E-state index is 0.0163. The molecule has 0 aliphatic rings. The largest absolute Gasteiger partial charge is 0.492 e. The number of rotatable bonds is 15. The second-order valence-corrected chi connectivity index (χ2v) is 11.5. The standard InChI is InChI=1S/C27H37Cl2N3O5S/c1-5-17-30-27(34)23(6-2)31(19-20-21(28)12-10-13-22(20)29)26(33)16-11-18-32(38(4,35)36)24-14-8-9-15-25(24)37-7-3/h8-10,12-15,23H,5-7,11,16-19H2,1-4H3,(H,30,34). The van der Waals surface area contributed by atoms with Crippen molar-refractivity contribution in [3.8, 4) is 5.75 Å². The molecular formula is C27H37Cl2N3O5S. The van der Waals surface area contributed by atoms with Crippen molar-refractivity contribution in [3.63, 3.8) is 0 Å². The summed E-state index contributed by atoms with van der Waals surface area (Å²) in [5, 5.41) is 3.66. The highest BCUT2D eigenvalue weighted by Gasteiger charge is 2.30. The Morgan fingerprint density at radius 1 is 1.03 bits per heavy atom. The molecule has 1 atom stereocenters. The summed E-state index contributed by atoms with van der Waals surface area (Å²) in [4.78, 5) is 28.0. The molecule has 38 heavy (non-hydrogen) atoms. The summed E-state index contributed by atoms with van der Waals surface area (Å²) < 4.78 is 32.2. The van der Waals surface area contributed by atoms with Gasteiger partial charge in [0.25, 0.3) is 0 Å². The predicted octanol–water partition coefficient (Wildman–Crippen LogP) is 5.27. The minimum atomic E-state index is -3.65. The zero-order valence-electron chi connectivity index (χ0n) is 22.4. The zero-order chi connectivity index (χ0) is 28.3. The van der Waals surface area contributed by atoms with Crippen LogP contribution in [0.3, 0.4) is 0 Å². The van der Waals surface area contributed by atoms with Crippen LogP contribution in [0.4, 0.5) is 5.69 Å². The van der Waals surface area contributed by atoms with E-state index in [0.717, 1.165) is 12.7 Å². The van der Waals surface area contributed by atoms with Gasteiger partial charge in [0.05, 0.1) is 18.6 Å².